The topological polar surface area (TPSA) is 31.5 Å². The average molecular weight is 97.1 g/mol. The van der Waals surface area contributed by atoms with Crippen LogP contribution in [-0.4, -0.2) is 6.61 Å². The molecule has 0 aromatic carbocycles. The van der Waals surface area contributed by atoms with Crippen molar-refractivity contribution in [3.05, 3.63) is 0 Å². The van der Waals surface area contributed by atoms with E-state index in [9.17, 15) is 0 Å². The molecule has 0 unspecified atom stereocenters. The molecule has 0 fully saturated rings. The number of hydrogen-bond acceptors (Lipinski definition) is 1. The zero-order valence-electron chi connectivity index (χ0n) is 4.27. The maximum atomic E-state index is 7.73. The van der Waals surface area contributed by atoms with Crippen LogP contribution in [0.3, 0.4) is 0 Å². The lowest BCUT2D eigenvalue weighted by molar-refractivity contribution is 0.124. The second kappa shape index (κ2) is 5.48. The van der Waals surface area contributed by atoms with E-state index in [0.29, 0.717) is 13.0 Å². The number of rotatable bonds is 2. The van der Waals surface area contributed by atoms with Gasteiger partial charge in [-0.3, -0.25) is 4.84 Å². The van der Waals surface area contributed by atoms with Crippen molar-refractivity contribution in [2.75, 3.05) is 6.61 Å². The second-order valence-electron chi connectivity index (χ2n) is 1.01. The summed E-state index contributed by atoms with van der Waals surface area (Å²) in [5, 5.41) is 0. The van der Waals surface area contributed by atoms with Gasteiger partial charge in [-0.15, -0.1) is 11.8 Å². The van der Waals surface area contributed by atoms with Crippen LogP contribution in [0.1, 0.15) is 13.3 Å². The Bertz CT molecular complexity index is 79.8. The molecule has 38 valence electrons. The smallest absolute Gasteiger partial charge is 0.0829 e. The van der Waals surface area contributed by atoms with Crippen molar-refractivity contribution in [2.24, 2.45) is 0 Å². The third-order valence-electron chi connectivity index (χ3n) is 0.495. The zero-order valence-corrected chi connectivity index (χ0v) is 4.27. The lowest BCUT2D eigenvalue weighted by atomic mass is 10.4. The Hall–Kier alpha value is -0.520. The van der Waals surface area contributed by atoms with Crippen molar-refractivity contribution in [2.45, 2.75) is 13.3 Å². The molecule has 0 saturated carbocycles. The summed E-state index contributed by atoms with van der Waals surface area (Å²) in [7, 11) is 0. The van der Waals surface area contributed by atoms with E-state index in [0.717, 1.165) is 0 Å². The maximum absolute atomic E-state index is 7.73. The van der Waals surface area contributed by atoms with Crippen LogP contribution in [0.5, 0.6) is 0 Å². The Kier molecular flexibility index (Phi) is 5.07. The first-order valence-electron chi connectivity index (χ1n) is 2.07. The number of hydrogen-bond donors (Lipinski definition) is 0. The summed E-state index contributed by atoms with van der Waals surface area (Å²) >= 11 is 0. The van der Waals surface area contributed by atoms with Crippen molar-refractivity contribution in [1.29, 1.82) is 0 Å². The molecule has 2 heteroatoms. The van der Waals surface area contributed by atoms with Crippen LogP contribution in [-0.2, 0) is 4.84 Å². The van der Waals surface area contributed by atoms with E-state index < -0.39 is 0 Å². The molecule has 0 N–H and O–H groups in total. The predicted octanol–water partition coefficient (Wildman–Crippen LogP) is 0.400. The summed E-state index contributed by atoms with van der Waals surface area (Å²) in [6.45, 7) is 2.05. The third kappa shape index (κ3) is 5.48. The van der Waals surface area contributed by atoms with Crippen LogP contribution in [0.25, 0.3) is 0 Å². The van der Waals surface area contributed by atoms with Gasteiger partial charge in [0, 0.05) is 12.3 Å². The Morgan fingerprint density at radius 3 is 2.86 bits per heavy atom. The second-order valence-corrected chi connectivity index (χ2v) is 1.01. The van der Waals surface area contributed by atoms with Gasteiger partial charge in [-0.05, 0) is 6.92 Å². The van der Waals surface area contributed by atoms with Gasteiger partial charge in [0.25, 0.3) is 0 Å². The summed E-state index contributed by atoms with van der Waals surface area (Å²) in [5.74, 6) is 13.1. The van der Waals surface area contributed by atoms with Gasteiger partial charge in [0.05, 0.1) is 6.61 Å². The molecule has 0 rings (SSSR count). The van der Waals surface area contributed by atoms with Crippen molar-refractivity contribution in [1.82, 2.24) is 5.90 Å². The molecule has 7 heavy (non-hydrogen) atoms. The minimum absolute atomic E-state index is 0.306. The highest BCUT2D eigenvalue weighted by Crippen LogP contribution is 1.72. The quantitative estimate of drug-likeness (QED) is 0.279. The van der Waals surface area contributed by atoms with E-state index in [-0.39, 0.29) is 0 Å². The summed E-state index contributed by atoms with van der Waals surface area (Å²) in [4.78, 5) is 3.74. The Morgan fingerprint density at radius 2 is 2.43 bits per heavy atom. The predicted molar refractivity (Wildman–Crippen MR) is 26.2 cm³/mol. The summed E-state index contributed by atoms with van der Waals surface area (Å²) < 4.78 is 0. The molecule has 0 atom stereocenters. The van der Waals surface area contributed by atoms with Crippen LogP contribution < -0.4 is 5.90 Å². The SMILES string of the molecule is CC#CCCO[N]. The minimum atomic E-state index is 0.306. The van der Waals surface area contributed by atoms with E-state index in [1.54, 1.807) is 6.92 Å². The fourth-order valence-corrected chi connectivity index (χ4v) is 0.222. The van der Waals surface area contributed by atoms with E-state index >= 15 is 0 Å². The first-order valence-corrected chi connectivity index (χ1v) is 2.07. The van der Waals surface area contributed by atoms with Gasteiger partial charge in [0.1, 0.15) is 0 Å². The molecule has 0 aromatic rings. The van der Waals surface area contributed by atoms with Gasteiger partial charge < -0.3 is 0 Å². The molecule has 0 aliphatic carbocycles. The fraction of sp³-hybridized carbons (Fsp3) is 0.600. The first kappa shape index (κ1) is 6.48. The van der Waals surface area contributed by atoms with Crippen LogP contribution in [0.4, 0.5) is 0 Å². The average Bonchev–Trinajstić information content (AvgIpc) is 1.69. The molecule has 0 spiro atoms. The summed E-state index contributed by atoms with van der Waals surface area (Å²) in [5.41, 5.74) is 0. The highest BCUT2D eigenvalue weighted by atomic mass is 16.6. The largest absolute Gasteiger partial charge is 0.263 e. The molecular formula is C5H7NO. The van der Waals surface area contributed by atoms with Crippen molar-refractivity contribution < 1.29 is 4.84 Å². The van der Waals surface area contributed by atoms with Gasteiger partial charge in [0.15, 0.2) is 0 Å². The molecule has 2 nitrogen and oxygen atoms in total. The summed E-state index contributed by atoms with van der Waals surface area (Å²) in [6, 6.07) is 0. The van der Waals surface area contributed by atoms with Crippen LogP contribution in [0.2, 0.25) is 0 Å². The molecule has 0 amide bonds. The highest BCUT2D eigenvalue weighted by Gasteiger charge is 1.74. The van der Waals surface area contributed by atoms with Gasteiger partial charge in [0.2, 0.25) is 0 Å². The van der Waals surface area contributed by atoms with Gasteiger partial charge in [-0.25, -0.2) is 0 Å². The fourth-order valence-electron chi connectivity index (χ4n) is 0.222. The molecular weight excluding hydrogens is 90.1 g/mol. The highest BCUT2D eigenvalue weighted by molar-refractivity contribution is 4.94. The van der Waals surface area contributed by atoms with Crippen molar-refractivity contribution >= 4 is 0 Å². The molecule has 0 saturated heterocycles. The maximum Gasteiger partial charge on any atom is 0.0829 e. The molecule has 0 heterocycles. The van der Waals surface area contributed by atoms with Crippen LogP contribution >= 0.6 is 0 Å². The Balaban J connectivity index is 2.78. The van der Waals surface area contributed by atoms with Crippen molar-refractivity contribution in [3.63, 3.8) is 0 Å². The van der Waals surface area contributed by atoms with Crippen LogP contribution in [0.15, 0.2) is 0 Å². The lowest BCUT2D eigenvalue weighted by Crippen LogP contribution is -1.86. The molecule has 0 aliphatic heterocycles. The molecule has 2 radical (unpaired) electrons. The molecule has 0 aromatic heterocycles. The van der Waals surface area contributed by atoms with E-state index in [4.69, 9.17) is 5.90 Å². The van der Waals surface area contributed by atoms with Gasteiger partial charge in [-0.1, -0.05) is 0 Å². The van der Waals surface area contributed by atoms with Crippen molar-refractivity contribution in [3.8, 4) is 11.8 Å². The Morgan fingerprint density at radius 1 is 1.71 bits per heavy atom. The standard InChI is InChI=1S/C5H7NO/c1-2-3-4-5-7-6/h4-5H2,1H3. The lowest BCUT2D eigenvalue weighted by Gasteiger charge is -1.80. The van der Waals surface area contributed by atoms with E-state index in [1.165, 1.54) is 0 Å². The van der Waals surface area contributed by atoms with Gasteiger partial charge in [-0.2, -0.15) is 0 Å². The van der Waals surface area contributed by atoms with Crippen LogP contribution in [0, 0.1) is 11.8 Å². The molecule has 0 aliphatic rings. The summed E-state index contributed by atoms with van der Waals surface area (Å²) in [6.07, 6.45) is 0.604. The Labute approximate surface area is 43.6 Å². The first-order chi connectivity index (χ1) is 3.41. The van der Waals surface area contributed by atoms with E-state index in [2.05, 4.69) is 16.7 Å². The monoisotopic (exact) mass is 97.1 g/mol. The minimum Gasteiger partial charge on any atom is -0.263 e. The normalized spacial score (nSPS) is 7.14. The van der Waals surface area contributed by atoms with E-state index in [1.807, 2.05) is 0 Å². The number of nitrogens with zero attached hydrogens (tertiary/aromatic N) is 1. The third-order valence-corrected chi connectivity index (χ3v) is 0.495. The molecule has 0 bridgehead atoms. The zero-order chi connectivity index (χ0) is 5.54. The van der Waals surface area contributed by atoms with Gasteiger partial charge >= 0.3 is 0 Å².